The fourth-order valence-corrected chi connectivity index (χ4v) is 1.14. The van der Waals surface area contributed by atoms with Crippen LogP contribution in [0.1, 0.15) is 26.7 Å². The number of hydrogen-bond donors (Lipinski definition) is 2. The predicted molar refractivity (Wildman–Crippen MR) is 39.3 cm³/mol. The molecule has 2 nitrogen and oxygen atoms in total. The van der Waals surface area contributed by atoms with E-state index in [0.717, 1.165) is 6.54 Å². The summed E-state index contributed by atoms with van der Waals surface area (Å²) < 4.78 is 0. The molecule has 1 aliphatic rings. The van der Waals surface area contributed by atoms with Crippen molar-refractivity contribution in [3.63, 3.8) is 0 Å². The number of nitrogens with one attached hydrogen (secondary N) is 1. The van der Waals surface area contributed by atoms with Crippen molar-refractivity contribution in [2.45, 2.75) is 38.3 Å². The van der Waals surface area contributed by atoms with Crippen molar-refractivity contribution < 1.29 is 0 Å². The fraction of sp³-hybridized carbons (Fsp3) is 1.00. The highest BCUT2D eigenvalue weighted by molar-refractivity contribution is 4.86. The third-order valence-electron chi connectivity index (χ3n) is 1.98. The summed E-state index contributed by atoms with van der Waals surface area (Å²) >= 11 is 0. The molecule has 0 bridgehead atoms. The second-order valence-corrected chi connectivity index (χ2v) is 3.56. The zero-order valence-electron chi connectivity index (χ0n) is 6.28. The van der Waals surface area contributed by atoms with E-state index in [-0.39, 0.29) is 0 Å². The minimum absolute atomic E-state index is 0.329. The Morgan fingerprint density at radius 2 is 2.22 bits per heavy atom. The Kier molecular flexibility index (Phi) is 1.78. The highest BCUT2D eigenvalue weighted by Crippen LogP contribution is 2.16. The van der Waals surface area contributed by atoms with Crippen molar-refractivity contribution >= 4 is 0 Å². The number of hydrogen-bond acceptors (Lipinski definition) is 2. The smallest absolute Gasteiger partial charge is 0.0166 e. The van der Waals surface area contributed by atoms with Gasteiger partial charge in [0.1, 0.15) is 0 Å². The summed E-state index contributed by atoms with van der Waals surface area (Å²) in [4.78, 5) is 0. The topological polar surface area (TPSA) is 38.0 Å². The highest BCUT2D eigenvalue weighted by atomic mass is 15.0. The first-order chi connectivity index (χ1) is 4.10. The summed E-state index contributed by atoms with van der Waals surface area (Å²) in [7, 11) is 0. The quantitative estimate of drug-likeness (QED) is 0.498. The van der Waals surface area contributed by atoms with Crippen molar-refractivity contribution in [3.8, 4) is 0 Å². The van der Waals surface area contributed by atoms with E-state index in [9.17, 15) is 0 Å². The molecule has 1 rings (SSSR count). The Bertz CT molecular complexity index is 89.1. The lowest BCUT2D eigenvalue weighted by molar-refractivity contribution is 0.281. The summed E-state index contributed by atoms with van der Waals surface area (Å²) in [5, 5.41) is 3.38. The van der Waals surface area contributed by atoms with E-state index in [1.165, 1.54) is 12.8 Å². The van der Waals surface area contributed by atoms with E-state index >= 15 is 0 Å². The number of nitrogens with two attached hydrogens (primary N) is 1. The van der Waals surface area contributed by atoms with Crippen LogP contribution in [0.3, 0.4) is 0 Å². The molecule has 1 saturated heterocycles. The van der Waals surface area contributed by atoms with Gasteiger partial charge >= 0.3 is 0 Å². The van der Waals surface area contributed by atoms with E-state index < -0.39 is 0 Å². The molecule has 0 saturated carbocycles. The molecule has 1 atom stereocenters. The first-order valence-corrected chi connectivity index (χ1v) is 3.61. The standard InChI is InChI=1S/C7H16N2/c1-7(2)4-3-6(8)5-9-7/h6,9H,3-5,8H2,1-2H3/t6-/m0/s1. The first kappa shape index (κ1) is 7.03. The summed E-state index contributed by atoms with van der Waals surface area (Å²) in [6.07, 6.45) is 2.37. The molecule has 1 fully saturated rings. The molecule has 0 amide bonds. The van der Waals surface area contributed by atoms with Crippen LogP contribution in [0.4, 0.5) is 0 Å². The third-order valence-corrected chi connectivity index (χ3v) is 1.98. The van der Waals surface area contributed by atoms with Crippen molar-refractivity contribution in [1.29, 1.82) is 0 Å². The largest absolute Gasteiger partial charge is 0.327 e. The van der Waals surface area contributed by atoms with Gasteiger partial charge in [0.25, 0.3) is 0 Å². The fourth-order valence-electron chi connectivity index (χ4n) is 1.14. The van der Waals surface area contributed by atoms with Gasteiger partial charge < -0.3 is 11.1 Å². The van der Waals surface area contributed by atoms with Crippen LogP contribution in [0.15, 0.2) is 0 Å². The lowest BCUT2D eigenvalue weighted by Gasteiger charge is -2.34. The van der Waals surface area contributed by atoms with Gasteiger partial charge in [0.05, 0.1) is 0 Å². The minimum atomic E-state index is 0.329. The molecular weight excluding hydrogens is 112 g/mol. The Morgan fingerprint density at radius 3 is 2.56 bits per heavy atom. The Hall–Kier alpha value is -0.0800. The minimum Gasteiger partial charge on any atom is -0.327 e. The molecule has 1 heterocycles. The van der Waals surface area contributed by atoms with Crippen LogP contribution < -0.4 is 11.1 Å². The molecule has 9 heavy (non-hydrogen) atoms. The van der Waals surface area contributed by atoms with Gasteiger partial charge in [-0.3, -0.25) is 0 Å². The van der Waals surface area contributed by atoms with E-state index in [1.54, 1.807) is 0 Å². The van der Waals surface area contributed by atoms with Gasteiger partial charge in [-0.05, 0) is 26.7 Å². The van der Waals surface area contributed by atoms with Crippen LogP contribution in [0, 0.1) is 0 Å². The highest BCUT2D eigenvalue weighted by Gasteiger charge is 2.23. The van der Waals surface area contributed by atoms with Gasteiger partial charge in [-0.1, -0.05) is 0 Å². The molecule has 0 aromatic carbocycles. The zero-order valence-corrected chi connectivity index (χ0v) is 6.28. The molecule has 2 heteroatoms. The molecule has 1 aliphatic heterocycles. The maximum Gasteiger partial charge on any atom is 0.0166 e. The second-order valence-electron chi connectivity index (χ2n) is 3.56. The van der Waals surface area contributed by atoms with Crippen molar-refractivity contribution in [3.05, 3.63) is 0 Å². The first-order valence-electron chi connectivity index (χ1n) is 3.61. The van der Waals surface area contributed by atoms with Crippen LogP contribution in [0.2, 0.25) is 0 Å². The lowest BCUT2D eigenvalue weighted by Crippen LogP contribution is -2.51. The van der Waals surface area contributed by atoms with E-state index in [4.69, 9.17) is 5.73 Å². The molecule has 0 radical (unpaired) electrons. The Morgan fingerprint density at radius 1 is 1.56 bits per heavy atom. The summed E-state index contributed by atoms with van der Waals surface area (Å²) in [5.74, 6) is 0. The maximum absolute atomic E-state index is 5.69. The van der Waals surface area contributed by atoms with Gasteiger partial charge in [-0.25, -0.2) is 0 Å². The van der Waals surface area contributed by atoms with E-state index in [1.807, 2.05) is 0 Å². The van der Waals surface area contributed by atoms with Crippen molar-refractivity contribution in [2.24, 2.45) is 5.73 Å². The normalized spacial score (nSPS) is 34.3. The summed E-state index contributed by atoms with van der Waals surface area (Å²) in [5.41, 5.74) is 6.02. The molecular formula is C7H16N2. The predicted octanol–water partition coefficient (Wildman–Crippen LogP) is 0.476. The maximum atomic E-state index is 5.69. The van der Waals surface area contributed by atoms with Gasteiger partial charge in [-0.15, -0.1) is 0 Å². The van der Waals surface area contributed by atoms with Crippen molar-refractivity contribution in [1.82, 2.24) is 5.32 Å². The zero-order chi connectivity index (χ0) is 6.91. The molecule has 0 aliphatic carbocycles. The molecule has 0 spiro atoms. The van der Waals surface area contributed by atoms with Gasteiger partial charge in [-0.2, -0.15) is 0 Å². The van der Waals surface area contributed by atoms with Crippen LogP contribution in [-0.2, 0) is 0 Å². The average molecular weight is 128 g/mol. The molecule has 3 N–H and O–H groups in total. The average Bonchev–Trinajstić information content (AvgIpc) is 1.78. The molecule has 0 unspecified atom stereocenters. The van der Waals surface area contributed by atoms with E-state index in [0.29, 0.717) is 11.6 Å². The number of rotatable bonds is 0. The van der Waals surface area contributed by atoms with E-state index in [2.05, 4.69) is 19.2 Å². The summed E-state index contributed by atoms with van der Waals surface area (Å²) in [6, 6.07) is 0.387. The van der Waals surface area contributed by atoms with Crippen molar-refractivity contribution in [2.75, 3.05) is 6.54 Å². The van der Waals surface area contributed by atoms with Crippen LogP contribution in [-0.4, -0.2) is 18.1 Å². The van der Waals surface area contributed by atoms with Gasteiger partial charge in [0, 0.05) is 18.1 Å². The van der Waals surface area contributed by atoms with Crippen LogP contribution in [0.25, 0.3) is 0 Å². The Balaban J connectivity index is 2.35. The molecule has 54 valence electrons. The molecule has 0 aromatic rings. The summed E-state index contributed by atoms with van der Waals surface area (Å²) in [6.45, 7) is 5.42. The lowest BCUT2D eigenvalue weighted by atomic mass is 9.91. The van der Waals surface area contributed by atoms with Gasteiger partial charge in [0.2, 0.25) is 0 Å². The monoisotopic (exact) mass is 128 g/mol. The molecule has 0 aromatic heterocycles. The van der Waals surface area contributed by atoms with Crippen LogP contribution in [0.5, 0.6) is 0 Å². The Labute approximate surface area is 56.8 Å². The van der Waals surface area contributed by atoms with Gasteiger partial charge in [0.15, 0.2) is 0 Å². The third kappa shape index (κ3) is 1.95. The SMILES string of the molecule is CC1(C)CC[C@H](N)CN1. The second kappa shape index (κ2) is 2.27. The number of piperidine rings is 1. The van der Waals surface area contributed by atoms with Crippen LogP contribution >= 0.6 is 0 Å².